The molecule has 92 valence electrons. The van der Waals surface area contributed by atoms with Gasteiger partial charge in [0, 0.05) is 11.6 Å². The van der Waals surface area contributed by atoms with Gasteiger partial charge in [-0.3, -0.25) is 0 Å². The summed E-state index contributed by atoms with van der Waals surface area (Å²) in [5.41, 5.74) is 6.30. The van der Waals surface area contributed by atoms with Crippen molar-refractivity contribution in [3.05, 3.63) is 28.8 Å². The van der Waals surface area contributed by atoms with E-state index < -0.39 is 0 Å². The van der Waals surface area contributed by atoms with E-state index in [1.165, 1.54) is 0 Å². The van der Waals surface area contributed by atoms with E-state index in [9.17, 15) is 0 Å². The van der Waals surface area contributed by atoms with Crippen LogP contribution in [0.4, 0.5) is 0 Å². The molecule has 2 rings (SSSR count). The molecule has 0 aromatic heterocycles. The lowest BCUT2D eigenvalue weighted by molar-refractivity contribution is 0.0679. The van der Waals surface area contributed by atoms with E-state index in [1.54, 1.807) is 18.2 Å². The fourth-order valence-corrected chi connectivity index (χ4v) is 2.11. The monoisotopic (exact) mass is 271 g/mol. The second kappa shape index (κ2) is 5.67. The molecule has 1 aliphatic rings. The average molecular weight is 272 g/mol. The second-order valence-corrected chi connectivity index (χ2v) is 4.83. The molecule has 5 heteroatoms. The summed E-state index contributed by atoms with van der Waals surface area (Å²) in [6.45, 7) is 1.34. The number of halogens is 1. The summed E-state index contributed by atoms with van der Waals surface area (Å²) >= 11 is 10.9. The molecule has 1 unspecified atom stereocenters. The molecule has 1 saturated heterocycles. The summed E-state index contributed by atoms with van der Waals surface area (Å²) in [5.74, 6) is 0.664. The van der Waals surface area contributed by atoms with Crippen LogP contribution in [0.25, 0.3) is 0 Å². The lowest BCUT2D eigenvalue weighted by atomic mass is 10.2. The topological polar surface area (TPSA) is 44.5 Å². The molecule has 0 spiro atoms. The number of benzene rings is 1. The third-order valence-corrected chi connectivity index (χ3v) is 3.11. The highest BCUT2D eigenvalue weighted by Crippen LogP contribution is 2.24. The number of hydrogen-bond acceptors (Lipinski definition) is 3. The van der Waals surface area contributed by atoms with Crippen LogP contribution < -0.4 is 10.5 Å². The summed E-state index contributed by atoms with van der Waals surface area (Å²) in [4.78, 5) is 0.287. The van der Waals surface area contributed by atoms with Gasteiger partial charge in [-0.1, -0.05) is 23.8 Å². The number of rotatable bonds is 4. The Morgan fingerprint density at radius 3 is 3.06 bits per heavy atom. The molecular formula is C12H14ClNO2S. The van der Waals surface area contributed by atoms with Crippen LogP contribution in [-0.4, -0.2) is 24.3 Å². The first-order valence-electron chi connectivity index (χ1n) is 5.50. The van der Waals surface area contributed by atoms with E-state index in [0.717, 1.165) is 19.4 Å². The fourth-order valence-electron chi connectivity index (χ4n) is 1.78. The molecule has 0 saturated carbocycles. The van der Waals surface area contributed by atoms with Gasteiger partial charge >= 0.3 is 0 Å². The van der Waals surface area contributed by atoms with Gasteiger partial charge in [0.25, 0.3) is 0 Å². The molecule has 3 nitrogen and oxygen atoms in total. The minimum Gasteiger partial charge on any atom is -0.490 e. The minimum absolute atomic E-state index is 0.171. The molecule has 2 N–H and O–H groups in total. The van der Waals surface area contributed by atoms with Crippen LogP contribution >= 0.6 is 23.8 Å². The molecule has 1 heterocycles. The standard InChI is InChI=1S/C12H14ClNO2S/c13-8-3-4-11(10(6-8)12(14)17)16-7-9-2-1-5-15-9/h3-4,6,9H,1-2,5,7H2,(H2,14,17). The summed E-state index contributed by atoms with van der Waals surface area (Å²) < 4.78 is 11.2. The van der Waals surface area contributed by atoms with Crippen LogP contribution in [0.15, 0.2) is 18.2 Å². The van der Waals surface area contributed by atoms with E-state index in [2.05, 4.69) is 0 Å². The molecule has 0 radical (unpaired) electrons. The third kappa shape index (κ3) is 3.31. The van der Waals surface area contributed by atoms with Crippen molar-refractivity contribution in [2.45, 2.75) is 18.9 Å². The quantitative estimate of drug-likeness (QED) is 0.855. The van der Waals surface area contributed by atoms with Crippen LogP contribution in [0.1, 0.15) is 18.4 Å². The molecule has 1 aromatic carbocycles. The SMILES string of the molecule is NC(=S)c1cc(Cl)ccc1OCC1CCCO1. The first-order valence-corrected chi connectivity index (χ1v) is 6.29. The Kier molecular flexibility index (Phi) is 4.20. The molecule has 1 fully saturated rings. The lowest BCUT2D eigenvalue weighted by Crippen LogP contribution is -2.18. The molecule has 0 aliphatic carbocycles. The summed E-state index contributed by atoms with van der Waals surface area (Å²) in [6.07, 6.45) is 2.30. The number of nitrogens with two attached hydrogens (primary N) is 1. The van der Waals surface area contributed by atoms with Crippen molar-refractivity contribution in [2.24, 2.45) is 5.73 Å². The Morgan fingerprint density at radius 2 is 2.41 bits per heavy atom. The van der Waals surface area contributed by atoms with Crippen LogP contribution in [-0.2, 0) is 4.74 Å². The van der Waals surface area contributed by atoms with Crippen molar-refractivity contribution in [2.75, 3.05) is 13.2 Å². The van der Waals surface area contributed by atoms with E-state index in [0.29, 0.717) is 22.9 Å². The molecule has 1 aromatic rings. The smallest absolute Gasteiger partial charge is 0.129 e. The second-order valence-electron chi connectivity index (χ2n) is 3.95. The maximum atomic E-state index is 5.89. The van der Waals surface area contributed by atoms with Gasteiger partial charge in [0.1, 0.15) is 17.3 Å². The van der Waals surface area contributed by atoms with Crippen LogP contribution in [0.2, 0.25) is 5.02 Å². The Balaban J connectivity index is 2.06. The molecule has 0 amide bonds. The van der Waals surface area contributed by atoms with Gasteiger partial charge in [0.05, 0.1) is 11.7 Å². The Morgan fingerprint density at radius 1 is 1.59 bits per heavy atom. The average Bonchev–Trinajstić information content (AvgIpc) is 2.80. The van der Waals surface area contributed by atoms with Gasteiger partial charge < -0.3 is 15.2 Å². The van der Waals surface area contributed by atoms with Gasteiger partial charge in [-0.2, -0.15) is 0 Å². The highest BCUT2D eigenvalue weighted by molar-refractivity contribution is 7.80. The molecule has 1 atom stereocenters. The van der Waals surface area contributed by atoms with Crippen molar-refractivity contribution in [3.63, 3.8) is 0 Å². The normalized spacial score (nSPS) is 19.2. The first kappa shape index (κ1) is 12.6. The highest BCUT2D eigenvalue weighted by Gasteiger charge is 2.17. The van der Waals surface area contributed by atoms with Gasteiger partial charge in [0.2, 0.25) is 0 Å². The summed E-state index contributed by atoms with van der Waals surface area (Å²) in [7, 11) is 0. The van der Waals surface area contributed by atoms with Crippen molar-refractivity contribution < 1.29 is 9.47 Å². The molecule has 1 aliphatic heterocycles. The predicted molar refractivity (Wildman–Crippen MR) is 71.8 cm³/mol. The Bertz CT molecular complexity index is 419. The first-order chi connectivity index (χ1) is 8.16. The third-order valence-electron chi connectivity index (χ3n) is 2.66. The maximum Gasteiger partial charge on any atom is 0.129 e. The minimum atomic E-state index is 0.171. The van der Waals surface area contributed by atoms with Gasteiger partial charge in [-0.15, -0.1) is 0 Å². The number of hydrogen-bond donors (Lipinski definition) is 1. The highest BCUT2D eigenvalue weighted by atomic mass is 35.5. The van der Waals surface area contributed by atoms with Crippen LogP contribution in [0.3, 0.4) is 0 Å². The molecule has 0 bridgehead atoms. The van der Waals surface area contributed by atoms with E-state index >= 15 is 0 Å². The number of thiocarbonyl (C=S) groups is 1. The van der Waals surface area contributed by atoms with Crippen LogP contribution in [0.5, 0.6) is 5.75 Å². The van der Waals surface area contributed by atoms with Gasteiger partial charge in [-0.25, -0.2) is 0 Å². The van der Waals surface area contributed by atoms with E-state index in [-0.39, 0.29) is 11.1 Å². The summed E-state index contributed by atoms with van der Waals surface area (Å²) in [6, 6.07) is 5.26. The zero-order valence-electron chi connectivity index (χ0n) is 9.32. The molecular weight excluding hydrogens is 258 g/mol. The maximum absolute atomic E-state index is 5.89. The Labute approximate surface area is 111 Å². The summed E-state index contributed by atoms with van der Waals surface area (Å²) in [5, 5.41) is 0.595. The largest absolute Gasteiger partial charge is 0.490 e. The van der Waals surface area contributed by atoms with Gasteiger partial charge in [0.15, 0.2) is 0 Å². The number of ether oxygens (including phenoxy) is 2. The van der Waals surface area contributed by atoms with Gasteiger partial charge in [-0.05, 0) is 31.0 Å². The van der Waals surface area contributed by atoms with Crippen molar-refractivity contribution in [1.82, 2.24) is 0 Å². The zero-order chi connectivity index (χ0) is 12.3. The zero-order valence-corrected chi connectivity index (χ0v) is 10.9. The van der Waals surface area contributed by atoms with Crippen molar-refractivity contribution >= 4 is 28.8 Å². The van der Waals surface area contributed by atoms with E-state index in [4.69, 9.17) is 39.0 Å². The van der Waals surface area contributed by atoms with E-state index in [1.807, 2.05) is 0 Å². The fraction of sp³-hybridized carbons (Fsp3) is 0.417. The van der Waals surface area contributed by atoms with Crippen molar-refractivity contribution in [3.8, 4) is 5.75 Å². The lowest BCUT2D eigenvalue weighted by Gasteiger charge is -2.14. The Hall–Kier alpha value is -0.840. The van der Waals surface area contributed by atoms with Crippen LogP contribution in [0, 0.1) is 0 Å². The predicted octanol–water partition coefficient (Wildman–Crippen LogP) is 2.53. The van der Waals surface area contributed by atoms with Crippen molar-refractivity contribution in [1.29, 1.82) is 0 Å². The molecule has 17 heavy (non-hydrogen) atoms.